The standard InChI is InChI=1S/C14H14Br2Cl2N2O2/c15-13(16)3-6-21-10-7-11(17)14(12(18)8-10)22-5-2-9-1-4-19-20-9/h3,7-9H,1-2,4-6H2. The van der Waals surface area contributed by atoms with Crippen LogP contribution in [-0.4, -0.2) is 25.8 Å². The Morgan fingerprint density at radius 2 is 2.00 bits per heavy atom. The van der Waals surface area contributed by atoms with Crippen molar-refractivity contribution in [2.75, 3.05) is 19.8 Å². The first-order chi connectivity index (χ1) is 10.6. The van der Waals surface area contributed by atoms with E-state index < -0.39 is 0 Å². The average Bonchev–Trinajstić information content (AvgIpc) is 2.94. The lowest BCUT2D eigenvalue weighted by molar-refractivity contribution is 0.297. The normalized spacial score (nSPS) is 16.6. The Balaban J connectivity index is 1.91. The number of benzene rings is 1. The van der Waals surface area contributed by atoms with Crippen LogP contribution in [0.25, 0.3) is 0 Å². The molecule has 1 aromatic rings. The maximum absolute atomic E-state index is 6.21. The number of hydrogen-bond donors (Lipinski definition) is 0. The molecule has 0 amide bonds. The Kier molecular flexibility index (Phi) is 7.47. The van der Waals surface area contributed by atoms with Gasteiger partial charge in [0.15, 0.2) is 5.75 Å². The fraction of sp³-hybridized carbons (Fsp3) is 0.429. The minimum absolute atomic E-state index is 0.245. The van der Waals surface area contributed by atoms with E-state index in [1.807, 2.05) is 6.08 Å². The highest BCUT2D eigenvalue weighted by atomic mass is 79.9. The molecule has 1 unspecified atom stereocenters. The maximum atomic E-state index is 6.21. The third-order valence-electron chi connectivity index (χ3n) is 2.96. The summed E-state index contributed by atoms with van der Waals surface area (Å²) in [6, 6.07) is 3.62. The molecule has 0 spiro atoms. The van der Waals surface area contributed by atoms with E-state index in [0.717, 1.165) is 22.8 Å². The molecule has 0 bridgehead atoms. The molecule has 0 fully saturated rings. The van der Waals surface area contributed by atoms with Gasteiger partial charge in [-0.3, -0.25) is 0 Å². The monoisotopic (exact) mass is 470 g/mol. The van der Waals surface area contributed by atoms with Gasteiger partial charge in [0.25, 0.3) is 0 Å². The first kappa shape index (κ1) is 18.0. The van der Waals surface area contributed by atoms with E-state index in [4.69, 9.17) is 32.7 Å². The van der Waals surface area contributed by atoms with Crippen LogP contribution in [0.3, 0.4) is 0 Å². The van der Waals surface area contributed by atoms with Crippen molar-refractivity contribution >= 4 is 55.1 Å². The van der Waals surface area contributed by atoms with Gasteiger partial charge in [-0.15, -0.1) is 0 Å². The van der Waals surface area contributed by atoms with Crippen LogP contribution in [0, 0.1) is 0 Å². The molecular weight excluding hydrogens is 459 g/mol. The first-order valence-corrected chi connectivity index (χ1v) is 9.03. The molecule has 1 aliphatic rings. The third kappa shape index (κ3) is 5.72. The summed E-state index contributed by atoms with van der Waals surface area (Å²) in [6.07, 6.45) is 3.61. The number of azo groups is 1. The molecular formula is C14H14Br2Cl2N2O2. The van der Waals surface area contributed by atoms with Crippen molar-refractivity contribution in [3.05, 3.63) is 31.6 Å². The van der Waals surface area contributed by atoms with E-state index in [0.29, 0.717) is 34.8 Å². The van der Waals surface area contributed by atoms with E-state index >= 15 is 0 Å². The van der Waals surface area contributed by atoms with Crippen molar-refractivity contribution in [3.8, 4) is 11.5 Å². The van der Waals surface area contributed by atoms with Crippen LogP contribution in [0.15, 0.2) is 31.8 Å². The van der Waals surface area contributed by atoms with Gasteiger partial charge in [-0.2, -0.15) is 10.2 Å². The lowest BCUT2D eigenvalue weighted by Gasteiger charge is -2.13. The quantitative estimate of drug-likeness (QED) is 0.488. The van der Waals surface area contributed by atoms with Gasteiger partial charge in [-0.05, 0) is 44.4 Å². The predicted octanol–water partition coefficient (Wildman–Crippen LogP) is 6.00. The van der Waals surface area contributed by atoms with E-state index in [1.54, 1.807) is 12.1 Å². The molecule has 4 nitrogen and oxygen atoms in total. The lowest BCUT2D eigenvalue weighted by Crippen LogP contribution is -2.08. The van der Waals surface area contributed by atoms with Crippen LogP contribution in [0.5, 0.6) is 11.5 Å². The predicted molar refractivity (Wildman–Crippen MR) is 96.1 cm³/mol. The van der Waals surface area contributed by atoms with Gasteiger partial charge in [0, 0.05) is 18.6 Å². The van der Waals surface area contributed by atoms with E-state index in [2.05, 4.69) is 42.1 Å². The van der Waals surface area contributed by atoms with Gasteiger partial charge in [0.1, 0.15) is 12.4 Å². The third-order valence-corrected chi connectivity index (χ3v) is 4.17. The summed E-state index contributed by atoms with van der Waals surface area (Å²) >= 11 is 18.9. The molecule has 0 saturated heterocycles. The molecule has 22 heavy (non-hydrogen) atoms. The number of rotatable bonds is 7. The molecule has 1 heterocycles. The van der Waals surface area contributed by atoms with Crippen molar-refractivity contribution in [2.24, 2.45) is 10.2 Å². The molecule has 0 radical (unpaired) electrons. The van der Waals surface area contributed by atoms with Crippen LogP contribution < -0.4 is 9.47 Å². The number of hydrogen-bond acceptors (Lipinski definition) is 4. The number of halogens is 4. The molecule has 1 aromatic carbocycles. The van der Waals surface area contributed by atoms with Crippen LogP contribution >= 0.6 is 55.1 Å². The molecule has 2 rings (SSSR count). The maximum Gasteiger partial charge on any atom is 0.156 e. The van der Waals surface area contributed by atoms with Gasteiger partial charge in [-0.25, -0.2) is 0 Å². The summed E-state index contributed by atoms with van der Waals surface area (Å²) < 4.78 is 12.0. The largest absolute Gasteiger partial charge is 0.490 e. The molecule has 0 saturated carbocycles. The smallest absolute Gasteiger partial charge is 0.156 e. The highest BCUT2D eigenvalue weighted by Gasteiger charge is 2.14. The van der Waals surface area contributed by atoms with Gasteiger partial charge in [-0.1, -0.05) is 23.2 Å². The summed E-state index contributed by atoms with van der Waals surface area (Å²) in [5.41, 5.74) is 0. The van der Waals surface area contributed by atoms with Crippen LogP contribution in [0.2, 0.25) is 10.0 Å². The van der Waals surface area contributed by atoms with Crippen molar-refractivity contribution < 1.29 is 9.47 Å². The summed E-state index contributed by atoms with van der Waals surface area (Å²) in [6.45, 7) is 1.70. The summed E-state index contributed by atoms with van der Waals surface area (Å²) in [7, 11) is 0. The lowest BCUT2D eigenvalue weighted by atomic mass is 10.2. The van der Waals surface area contributed by atoms with E-state index in [9.17, 15) is 0 Å². The topological polar surface area (TPSA) is 43.2 Å². The Morgan fingerprint density at radius 1 is 1.27 bits per heavy atom. The minimum Gasteiger partial charge on any atom is -0.490 e. The average molecular weight is 473 g/mol. The van der Waals surface area contributed by atoms with Crippen molar-refractivity contribution in [1.29, 1.82) is 0 Å². The van der Waals surface area contributed by atoms with Crippen LogP contribution in [0.4, 0.5) is 0 Å². The Morgan fingerprint density at radius 3 is 2.59 bits per heavy atom. The van der Waals surface area contributed by atoms with Crippen molar-refractivity contribution in [2.45, 2.75) is 18.9 Å². The fourth-order valence-electron chi connectivity index (χ4n) is 1.90. The van der Waals surface area contributed by atoms with Crippen molar-refractivity contribution in [1.82, 2.24) is 0 Å². The molecule has 0 aliphatic carbocycles. The second-order valence-electron chi connectivity index (χ2n) is 4.58. The second kappa shape index (κ2) is 9.11. The molecule has 1 aliphatic heterocycles. The Bertz CT molecular complexity index is 555. The second-order valence-corrected chi connectivity index (χ2v) is 8.17. The molecule has 1 atom stereocenters. The summed E-state index contributed by atoms with van der Waals surface area (Å²) in [4.78, 5) is 0. The number of nitrogens with zero attached hydrogens (tertiary/aromatic N) is 2. The van der Waals surface area contributed by atoms with E-state index in [1.165, 1.54) is 0 Å². The van der Waals surface area contributed by atoms with Gasteiger partial charge < -0.3 is 9.47 Å². The van der Waals surface area contributed by atoms with Crippen LogP contribution in [-0.2, 0) is 0 Å². The SMILES string of the molecule is Clc1cc(OCC=C(Br)Br)cc(Cl)c1OCCC1CCN=N1. The van der Waals surface area contributed by atoms with Gasteiger partial charge in [0.2, 0.25) is 0 Å². The highest BCUT2D eigenvalue weighted by Crippen LogP contribution is 2.37. The van der Waals surface area contributed by atoms with Gasteiger partial charge >= 0.3 is 0 Å². The summed E-state index contributed by atoms with van der Waals surface area (Å²) in [5, 5.41) is 8.94. The molecule has 120 valence electrons. The molecule has 8 heteroatoms. The Labute approximate surface area is 156 Å². The van der Waals surface area contributed by atoms with Gasteiger partial charge in [0.05, 0.1) is 32.6 Å². The zero-order chi connectivity index (χ0) is 15.9. The van der Waals surface area contributed by atoms with Crippen LogP contribution in [0.1, 0.15) is 12.8 Å². The minimum atomic E-state index is 0.245. The molecule has 0 N–H and O–H groups in total. The summed E-state index contributed by atoms with van der Waals surface area (Å²) in [5.74, 6) is 1.06. The Hall–Kier alpha value is -0.300. The zero-order valence-electron chi connectivity index (χ0n) is 11.6. The number of ether oxygens (including phenoxy) is 2. The zero-order valence-corrected chi connectivity index (χ0v) is 16.3. The highest BCUT2D eigenvalue weighted by molar-refractivity contribution is 9.28. The van der Waals surface area contributed by atoms with Crippen molar-refractivity contribution in [3.63, 3.8) is 0 Å². The molecule has 0 aromatic heterocycles. The first-order valence-electron chi connectivity index (χ1n) is 6.68. The fourth-order valence-corrected chi connectivity index (χ4v) is 2.74. The van der Waals surface area contributed by atoms with E-state index in [-0.39, 0.29) is 6.04 Å².